The second kappa shape index (κ2) is 6.49. The average molecular weight is 324 g/mol. The molecule has 2 heterocycles. The predicted molar refractivity (Wildman–Crippen MR) is 87.6 cm³/mol. The average Bonchev–Trinajstić information content (AvgIpc) is 3.05. The van der Waals surface area contributed by atoms with Gasteiger partial charge in [0.05, 0.1) is 24.2 Å². The molecular weight excluding hydrogens is 308 g/mol. The number of aromatic nitrogens is 3. The number of nitrogens with one attached hydrogen (secondary N) is 2. The Kier molecular flexibility index (Phi) is 4.24. The Morgan fingerprint density at radius 3 is 2.58 bits per heavy atom. The van der Waals surface area contributed by atoms with Gasteiger partial charge in [-0.1, -0.05) is 18.2 Å². The van der Waals surface area contributed by atoms with Crippen LogP contribution in [0.4, 0.5) is 0 Å². The summed E-state index contributed by atoms with van der Waals surface area (Å²) in [6, 6.07) is 11.9. The fourth-order valence-corrected chi connectivity index (χ4v) is 2.30. The smallest absolute Gasteiger partial charge is 0.356 e. The second-order valence-corrected chi connectivity index (χ2v) is 5.23. The topological polar surface area (TPSA) is 97.0 Å². The number of pyridine rings is 1. The highest BCUT2D eigenvalue weighted by Gasteiger charge is 2.17. The zero-order valence-electron chi connectivity index (χ0n) is 13.2. The zero-order chi connectivity index (χ0) is 17.1. The number of methoxy groups -OCH3 is 1. The molecule has 0 bridgehead atoms. The molecule has 0 aliphatic heterocycles. The van der Waals surface area contributed by atoms with Crippen LogP contribution in [0.5, 0.6) is 0 Å². The maximum atomic E-state index is 12.3. The third-order valence-corrected chi connectivity index (χ3v) is 3.54. The first-order valence-electron chi connectivity index (χ1n) is 7.39. The van der Waals surface area contributed by atoms with Gasteiger partial charge in [-0.15, -0.1) is 0 Å². The summed E-state index contributed by atoms with van der Waals surface area (Å²) in [6.07, 6.45) is 0. The molecule has 0 saturated heterocycles. The maximum Gasteiger partial charge on any atom is 0.356 e. The van der Waals surface area contributed by atoms with Crippen molar-refractivity contribution in [1.82, 2.24) is 20.3 Å². The molecule has 7 heteroatoms. The minimum atomic E-state index is -0.588. The van der Waals surface area contributed by atoms with Gasteiger partial charge in [0.25, 0.3) is 5.91 Å². The van der Waals surface area contributed by atoms with Crippen LogP contribution >= 0.6 is 0 Å². The number of imidazole rings is 1. The minimum absolute atomic E-state index is 0.0848. The van der Waals surface area contributed by atoms with Gasteiger partial charge < -0.3 is 15.0 Å². The number of hydrogen-bond acceptors (Lipinski definition) is 5. The third kappa shape index (κ3) is 3.10. The van der Waals surface area contributed by atoms with E-state index in [1.165, 1.54) is 19.2 Å². The molecule has 0 aliphatic rings. The van der Waals surface area contributed by atoms with E-state index in [1.807, 2.05) is 31.2 Å². The van der Waals surface area contributed by atoms with Gasteiger partial charge in [-0.2, -0.15) is 0 Å². The van der Waals surface area contributed by atoms with E-state index in [-0.39, 0.29) is 17.4 Å². The molecule has 24 heavy (non-hydrogen) atoms. The number of carbonyl (C=O) groups is 2. The van der Waals surface area contributed by atoms with Crippen molar-refractivity contribution in [2.45, 2.75) is 13.0 Å². The number of para-hydroxylation sites is 2. The number of rotatable bonds is 4. The van der Waals surface area contributed by atoms with Crippen LogP contribution in [0.2, 0.25) is 0 Å². The van der Waals surface area contributed by atoms with Crippen LogP contribution < -0.4 is 5.32 Å². The number of hydrogen-bond donors (Lipinski definition) is 2. The van der Waals surface area contributed by atoms with Crippen molar-refractivity contribution >= 4 is 22.9 Å². The normalized spacial score (nSPS) is 11.9. The molecule has 3 rings (SSSR count). The number of esters is 1. The van der Waals surface area contributed by atoms with E-state index in [2.05, 4.69) is 25.0 Å². The summed E-state index contributed by atoms with van der Waals surface area (Å²) in [7, 11) is 1.26. The van der Waals surface area contributed by atoms with Crippen LogP contribution in [0.3, 0.4) is 0 Å². The van der Waals surface area contributed by atoms with E-state index in [0.29, 0.717) is 5.82 Å². The summed E-state index contributed by atoms with van der Waals surface area (Å²) in [5.41, 5.74) is 1.96. The molecule has 122 valence electrons. The molecule has 1 amide bonds. The highest BCUT2D eigenvalue weighted by molar-refractivity contribution is 5.94. The largest absolute Gasteiger partial charge is 0.464 e. The van der Waals surface area contributed by atoms with Crippen molar-refractivity contribution in [2.24, 2.45) is 0 Å². The first-order valence-corrected chi connectivity index (χ1v) is 7.39. The Balaban J connectivity index is 1.77. The number of benzene rings is 1. The molecule has 0 fully saturated rings. The molecular formula is C17H16N4O3. The molecule has 1 aromatic carbocycles. The lowest BCUT2D eigenvalue weighted by molar-refractivity contribution is 0.0594. The third-order valence-electron chi connectivity index (χ3n) is 3.54. The van der Waals surface area contributed by atoms with E-state index in [0.717, 1.165) is 11.0 Å². The number of carbonyl (C=O) groups excluding carboxylic acids is 2. The van der Waals surface area contributed by atoms with E-state index >= 15 is 0 Å². The van der Waals surface area contributed by atoms with Crippen molar-refractivity contribution in [1.29, 1.82) is 0 Å². The Morgan fingerprint density at radius 2 is 1.83 bits per heavy atom. The van der Waals surface area contributed by atoms with Crippen molar-refractivity contribution in [3.8, 4) is 0 Å². The van der Waals surface area contributed by atoms with Crippen molar-refractivity contribution in [3.05, 3.63) is 59.7 Å². The highest BCUT2D eigenvalue weighted by Crippen LogP contribution is 2.15. The molecule has 0 spiro atoms. The summed E-state index contributed by atoms with van der Waals surface area (Å²) in [6.45, 7) is 1.82. The fourth-order valence-electron chi connectivity index (χ4n) is 2.30. The van der Waals surface area contributed by atoms with Crippen LogP contribution in [-0.4, -0.2) is 33.9 Å². The summed E-state index contributed by atoms with van der Waals surface area (Å²) in [5.74, 6) is -0.336. The Morgan fingerprint density at radius 1 is 1.08 bits per heavy atom. The summed E-state index contributed by atoms with van der Waals surface area (Å²) < 4.78 is 4.61. The summed E-state index contributed by atoms with van der Waals surface area (Å²) in [5, 5.41) is 2.81. The van der Waals surface area contributed by atoms with Gasteiger partial charge >= 0.3 is 5.97 Å². The van der Waals surface area contributed by atoms with Gasteiger partial charge in [-0.3, -0.25) is 4.79 Å². The molecule has 0 saturated carbocycles. The molecule has 7 nitrogen and oxygen atoms in total. The molecule has 3 aromatic rings. The SMILES string of the molecule is COC(=O)c1cccc(C(=O)NC(C)c2nc3ccccc3[nH]2)n1. The Hall–Kier alpha value is -3.22. The van der Waals surface area contributed by atoms with Crippen LogP contribution in [0.15, 0.2) is 42.5 Å². The summed E-state index contributed by atoms with van der Waals surface area (Å²) in [4.78, 5) is 35.5. The lowest BCUT2D eigenvalue weighted by atomic mass is 10.2. The molecule has 0 aliphatic carbocycles. The van der Waals surface area contributed by atoms with Gasteiger partial charge in [0.1, 0.15) is 17.2 Å². The van der Waals surface area contributed by atoms with E-state index in [1.54, 1.807) is 6.07 Å². The zero-order valence-corrected chi connectivity index (χ0v) is 13.2. The van der Waals surface area contributed by atoms with Crippen LogP contribution in [-0.2, 0) is 4.74 Å². The molecule has 1 unspecified atom stereocenters. The monoisotopic (exact) mass is 324 g/mol. The summed E-state index contributed by atoms with van der Waals surface area (Å²) >= 11 is 0. The highest BCUT2D eigenvalue weighted by atomic mass is 16.5. The van der Waals surface area contributed by atoms with Crippen molar-refractivity contribution < 1.29 is 14.3 Å². The first-order chi connectivity index (χ1) is 11.6. The molecule has 0 radical (unpaired) electrons. The van der Waals surface area contributed by atoms with Gasteiger partial charge in [-0.25, -0.2) is 14.8 Å². The Labute approximate surface area is 138 Å². The molecule has 2 aromatic heterocycles. The van der Waals surface area contributed by atoms with E-state index in [4.69, 9.17) is 0 Å². The lowest BCUT2D eigenvalue weighted by Gasteiger charge is -2.11. The first kappa shape index (κ1) is 15.7. The van der Waals surface area contributed by atoms with Gasteiger partial charge in [-0.05, 0) is 31.2 Å². The fraction of sp³-hybridized carbons (Fsp3) is 0.176. The predicted octanol–water partition coefficient (Wildman–Crippen LogP) is 2.24. The number of amides is 1. The molecule has 2 N–H and O–H groups in total. The molecule has 1 atom stereocenters. The lowest BCUT2D eigenvalue weighted by Crippen LogP contribution is -2.28. The van der Waals surface area contributed by atoms with Crippen LogP contribution in [0.1, 0.15) is 39.8 Å². The second-order valence-electron chi connectivity index (χ2n) is 5.23. The van der Waals surface area contributed by atoms with Gasteiger partial charge in [0.15, 0.2) is 0 Å². The number of nitrogens with zero attached hydrogens (tertiary/aromatic N) is 2. The number of fused-ring (bicyclic) bond motifs is 1. The number of H-pyrrole nitrogens is 1. The van der Waals surface area contributed by atoms with Crippen molar-refractivity contribution in [3.63, 3.8) is 0 Å². The number of aromatic amines is 1. The quantitative estimate of drug-likeness (QED) is 0.717. The number of ether oxygens (including phenoxy) is 1. The van der Waals surface area contributed by atoms with Gasteiger partial charge in [0, 0.05) is 0 Å². The Bertz CT molecular complexity index is 870. The van der Waals surface area contributed by atoms with Crippen molar-refractivity contribution in [2.75, 3.05) is 7.11 Å². The van der Waals surface area contributed by atoms with E-state index < -0.39 is 11.9 Å². The van der Waals surface area contributed by atoms with Crippen LogP contribution in [0, 0.1) is 0 Å². The van der Waals surface area contributed by atoms with Crippen LogP contribution in [0.25, 0.3) is 11.0 Å². The minimum Gasteiger partial charge on any atom is -0.464 e. The standard InChI is InChI=1S/C17H16N4O3/c1-10(15-20-11-6-3-4-7-12(11)21-15)18-16(22)13-8-5-9-14(19-13)17(23)24-2/h3-10H,1-2H3,(H,18,22)(H,20,21). The van der Waals surface area contributed by atoms with E-state index in [9.17, 15) is 9.59 Å². The maximum absolute atomic E-state index is 12.3. The van der Waals surface area contributed by atoms with Gasteiger partial charge in [0.2, 0.25) is 0 Å².